The third kappa shape index (κ3) is 2.25. The number of anilines is 2. The smallest absolute Gasteiger partial charge is 0.155 e. The molecule has 0 amide bonds. The van der Waals surface area contributed by atoms with Crippen LogP contribution in [0.15, 0.2) is 35.4 Å². The largest absolute Gasteiger partial charge is 0.338 e. The molecule has 0 saturated carbocycles. The maximum absolute atomic E-state index is 4.41. The van der Waals surface area contributed by atoms with E-state index in [2.05, 4.69) is 51.9 Å². The summed E-state index contributed by atoms with van der Waals surface area (Å²) in [5, 5.41) is 11.8. The zero-order valence-electron chi connectivity index (χ0n) is 11.7. The van der Waals surface area contributed by atoms with Crippen molar-refractivity contribution in [3.8, 4) is 0 Å². The van der Waals surface area contributed by atoms with Crippen molar-refractivity contribution in [2.24, 2.45) is 0 Å². The molecule has 0 radical (unpaired) electrons. The van der Waals surface area contributed by atoms with E-state index in [4.69, 9.17) is 0 Å². The summed E-state index contributed by atoms with van der Waals surface area (Å²) in [6.45, 7) is 4.07. The van der Waals surface area contributed by atoms with Crippen molar-refractivity contribution in [3.63, 3.8) is 0 Å². The zero-order chi connectivity index (χ0) is 14.1. The number of hydrogen-bond acceptors (Lipinski definition) is 4. The molecule has 2 heterocycles. The highest BCUT2D eigenvalue weighted by Crippen LogP contribution is 2.29. The van der Waals surface area contributed by atoms with Gasteiger partial charge in [0, 0.05) is 27.7 Å². The summed E-state index contributed by atoms with van der Waals surface area (Å²) in [7, 11) is 0. The molecule has 0 aliphatic rings. The Bertz CT molecular complexity index is 764. The van der Waals surface area contributed by atoms with Crippen molar-refractivity contribution < 1.29 is 0 Å². The van der Waals surface area contributed by atoms with Crippen LogP contribution in [0.5, 0.6) is 0 Å². The van der Waals surface area contributed by atoms with Crippen molar-refractivity contribution in [3.05, 3.63) is 41.7 Å². The number of pyridine rings is 1. The van der Waals surface area contributed by atoms with Gasteiger partial charge in [-0.05, 0) is 44.4 Å². The zero-order valence-corrected chi connectivity index (χ0v) is 12.5. The molecule has 2 aromatic heterocycles. The maximum atomic E-state index is 4.41. The van der Waals surface area contributed by atoms with Gasteiger partial charge in [0.25, 0.3) is 0 Å². The first-order valence-corrected chi connectivity index (χ1v) is 7.63. The number of aromatic amines is 1. The monoisotopic (exact) mass is 284 g/mol. The Balaban J connectivity index is 2.08. The van der Waals surface area contributed by atoms with Gasteiger partial charge in [0.15, 0.2) is 5.82 Å². The van der Waals surface area contributed by atoms with Gasteiger partial charge in [-0.1, -0.05) is 0 Å². The molecule has 0 fully saturated rings. The molecule has 0 unspecified atom stereocenters. The fourth-order valence-electron chi connectivity index (χ4n) is 2.10. The van der Waals surface area contributed by atoms with E-state index in [0.717, 1.165) is 33.7 Å². The molecule has 0 aliphatic heterocycles. The van der Waals surface area contributed by atoms with E-state index in [1.54, 1.807) is 11.8 Å². The van der Waals surface area contributed by atoms with Gasteiger partial charge in [0.1, 0.15) is 0 Å². The van der Waals surface area contributed by atoms with E-state index >= 15 is 0 Å². The SMILES string of the molecule is CSc1ccc2nccc(Nc3n[nH]c(C)c3C)c2c1. The van der Waals surface area contributed by atoms with Crippen molar-refractivity contribution in [1.82, 2.24) is 15.2 Å². The van der Waals surface area contributed by atoms with E-state index in [-0.39, 0.29) is 0 Å². The number of rotatable bonds is 3. The van der Waals surface area contributed by atoms with Crippen molar-refractivity contribution in [2.75, 3.05) is 11.6 Å². The van der Waals surface area contributed by atoms with Gasteiger partial charge in [-0.25, -0.2) is 0 Å². The molecular formula is C15H16N4S. The lowest BCUT2D eigenvalue weighted by Gasteiger charge is -2.09. The number of aromatic nitrogens is 3. The van der Waals surface area contributed by atoms with E-state index in [1.807, 2.05) is 19.2 Å². The Morgan fingerprint density at radius 3 is 2.75 bits per heavy atom. The van der Waals surface area contributed by atoms with Crippen LogP contribution < -0.4 is 5.32 Å². The molecule has 20 heavy (non-hydrogen) atoms. The number of hydrogen-bond donors (Lipinski definition) is 2. The first-order chi connectivity index (χ1) is 9.69. The van der Waals surface area contributed by atoms with E-state index < -0.39 is 0 Å². The number of thioether (sulfide) groups is 1. The maximum Gasteiger partial charge on any atom is 0.155 e. The molecular weight excluding hydrogens is 268 g/mol. The van der Waals surface area contributed by atoms with Crippen molar-refractivity contribution >= 4 is 34.2 Å². The Hall–Kier alpha value is -2.01. The number of aryl methyl sites for hydroxylation is 1. The van der Waals surface area contributed by atoms with Gasteiger partial charge in [0.2, 0.25) is 0 Å². The molecule has 3 aromatic rings. The standard InChI is InChI=1S/C15H16N4S/c1-9-10(2)18-19-15(9)17-14-6-7-16-13-5-4-11(20-3)8-12(13)14/h4-8H,1-3H3,(H2,16,17,18,19). The second-order valence-corrected chi connectivity index (χ2v) is 5.57. The normalized spacial score (nSPS) is 10.9. The van der Waals surface area contributed by atoms with E-state index in [1.165, 1.54) is 4.90 Å². The predicted octanol–water partition coefficient (Wildman–Crippen LogP) is 4.04. The van der Waals surface area contributed by atoms with Gasteiger partial charge < -0.3 is 5.32 Å². The first-order valence-electron chi connectivity index (χ1n) is 6.40. The Kier molecular flexibility index (Phi) is 3.36. The highest BCUT2D eigenvalue weighted by Gasteiger charge is 2.08. The average molecular weight is 284 g/mol. The second kappa shape index (κ2) is 5.17. The van der Waals surface area contributed by atoms with Crippen LogP contribution in [0.1, 0.15) is 11.3 Å². The van der Waals surface area contributed by atoms with Gasteiger partial charge in [-0.15, -0.1) is 11.8 Å². The van der Waals surface area contributed by atoms with Crippen LogP contribution in [-0.4, -0.2) is 21.4 Å². The van der Waals surface area contributed by atoms with Crippen molar-refractivity contribution in [2.45, 2.75) is 18.7 Å². The van der Waals surface area contributed by atoms with Crippen LogP contribution in [0.25, 0.3) is 10.9 Å². The van der Waals surface area contributed by atoms with Crippen molar-refractivity contribution in [1.29, 1.82) is 0 Å². The topological polar surface area (TPSA) is 53.6 Å². The average Bonchev–Trinajstić information content (AvgIpc) is 2.79. The minimum absolute atomic E-state index is 0.865. The van der Waals surface area contributed by atoms with Gasteiger partial charge in [0.05, 0.1) is 11.2 Å². The third-order valence-electron chi connectivity index (χ3n) is 3.45. The summed E-state index contributed by atoms with van der Waals surface area (Å²) >= 11 is 1.73. The molecule has 0 bridgehead atoms. The number of fused-ring (bicyclic) bond motifs is 1. The molecule has 4 nitrogen and oxygen atoms in total. The molecule has 5 heteroatoms. The Morgan fingerprint density at radius 2 is 2.05 bits per heavy atom. The summed E-state index contributed by atoms with van der Waals surface area (Å²) in [5.74, 6) is 0.865. The van der Waals surface area contributed by atoms with Crippen LogP contribution in [0.2, 0.25) is 0 Å². The molecule has 2 N–H and O–H groups in total. The van der Waals surface area contributed by atoms with Crippen LogP contribution in [0, 0.1) is 13.8 Å². The highest BCUT2D eigenvalue weighted by atomic mass is 32.2. The summed E-state index contributed by atoms with van der Waals surface area (Å²) < 4.78 is 0. The van der Waals surface area contributed by atoms with Crippen LogP contribution in [-0.2, 0) is 0 Å². The number of nitrogens with one attached hydrogen (secondary N) is 2. The summed E-state index contributed by atoms with van der Waals surface area (Å²) in [6, 6.07) is 8.28. The summed E-state index contributed by atoms with van der Waals surface area (Å²) in [5.41, 5.74) is 4.23. The Morgan fingerprint density at radius 1 is 1.20 bits per heavy atom. The molecule has 1 aromatic carbocycles. The van der Waals surface area contributed by atoms with Gasteiger partial charge in [-0.3, -0.25) is 10.1 Å². The number of H-pyrrole nitrogens is 1. The van der Waals surface area contributed by atoms with Gasteiger partial charge >= 0.3 is 0 Å². The second-order valence-electron chi connectivity index (χ2n) is 4.69. The quantitative estimate of drug-likeness (QED) is 0.713. The van der Waals surface area contributed by atoms with E-state index in [9.17, 15) is 0 Å². The molecule has 0 spiro atoms. The lowest BCUT2D eigenvalue weighted by atomic mass is 10.2. The summed E-state index contributed by atoms with van der Waals surface area (Å²) in [4.78, 5) is 5.63. The fraction of sp³-hybridized carbons (Fsp3) is 0.200. The first kappa shape index (κ1) is 13.0. The molecule has 102 valence electrons. The van der Waals surface area contributed by atoms with Gasteiger partial charge in [-0.2, -0.15) is 5.10 Å². The molecule has 3 rings (SSSR count). The fourth-order valence-corrected chi connectivity index (χ4v) is 2.54. The Labute approximate surface area is 122 Å². The lowest BCUT2D eigenvalue weighted by Crippen LogP contribution is -1.95. The van der Waals surface area contributed by atoms with E-state index in [0.29, 0.717) is 0 Å². The summed E-state index contributed by atoms with van der Waals surface area (Å²) in [6.07, 6.45) is 3.89. The molecule has 0 atom stereocenters. The predicted molar refractivity (Wildman–Crippen MR) is 84.9 cm³/mol. The lowest BCUT2D eigenvalue weighted by molar-refractivity contribution is 1.05. The molecule has 0 saturated heterocycles. The van der Waals surface area contributed by atoms with Crippen LogP contribution in [0.4, 0.5) is 11.5 Å². The molecule has 0 aliphatic carbocycles. The van der Waals surface area contributed by atoms with Crippen LogP contribution in [0.3, 0.4) is 0 Å². The minimum Gasteiger partial charge on any atom is -0.338 e. The van der Waals surface area contributed by atoms with Crippen LogP contribution >= 0.6 is 11.8 Å². The third-order valence-corrected chi connectivity index (χ3v) is 4.18. The highest BCUT2D eigenvalue weighted by molar-refractivity contribution is 7.98. The number of benzene rings is 1. The minimum atomic E-state index is 0.865. The number of nitrogens with zero attached hydrogens (tertiary/aromatic N) is 2.